The Hall–Kier alpha value is -1.43. The molecule has 3 saturated carbocycles. The molecule has 21 heavy (non-hydrogen) atoms. The zero-order chi connectivity index (χ0) is 14.6. The maximum Gasteiger partial charge on any atom is 0.284 e. The molecular formula is C15H16BrN3O2. The molecule has 0 radical (unpaired) electrons. The molecule has 1 aromatic carbocycles. The van der Waals surface area contributed by atoms with Crippen molar-refractivity contribution in [2.75, 3.05) is 0 Å². The van der Waals surface area contributed by atoms with E-state index < -0.39 is 0 Å². The van der Waals surface area contributed by atoms with Crippen LogP contribution < -0.4 is 0 Å². The first kappa shape index (κ1) is 13.2. The van der Waals surface area contributed by atoms with Crippen LogP contribution in [0.2, 0.25) is 0 Å². The smallest absolute Gasteiger partial charge is 0.281 e. The molecule has 0 unspecified atom stereocenters. The first-order valence-corrected chi connectivity index (χ1v) is 8.21. The van der Waals surface area contributed by atoms with Crippen molar-refractivity contribution in [3.8, 4) is 0 Å². The van der Waals surface area contributed by atoms with Crippen LogP contribution in [-0.4, -0.2) is 15.1 Å². The van der Waals surface area contributed by atoms with Gasteiger partial charge in [0, 0.05) is 16.9 Å². The van der Waals surface area contributed by atoms with Gasteiger partial charge in [-0.15, -0.1) is 0 Å². The monoisotopic (exact) mass is 349 g/mol. The van der Waals surface area contributed by atoms with E-state index in [1.54, 1.807) is 6.07 Å². The Bertz CT molecular complexity index is 718. The van der Waals surface area contributed by atoms with Crippen molar-refractivity contribution >= 4 is 32.5 Å². The second-order valence-electron chi connectivity index (χ2n) is 6.41. The number of nitro groups is 1. The Morgan fingerprint density at radius 2 is 1.95 bits per heavy atom. The molecule has 1 aromatic heterocycles. The topological polar surface area (TPSA) is 71.8 Å². The summed E-state index contributed by atoms with van der Waals surface area (Å²) in [6.07, 6.45) is 7.32. The molecule has 2 aromatic rings. The molecule has 110 valence electrons. The van der Waals surface area contributed by atoms with Gasteiger partial charge in [0.15, 0.2) is 0 Å². The average molecular weight is 350 g/mol. The summed E-state index contributed by atoms with van der Waals surface area (Å²) in [5.41, 5.74) is 2.17. The van der Waals surface area contributed by atoms with Crippen LogP contribution in [0.25, 0.3) is 10.9 Å². The van der Waals surface area contributed by atoms with Gasteiger partial charge in [-0.1, -0.05) is 0 Å². The van der Waals surface area contributed by atoms with E-state index >= 15 is 0 Å². The van der Waals surface area contributed by atoms with Crippen LogP contribution in [0.15, 0.2) is 16.6 Å². The van der Waals surface area contributed by atoms with Gasteiger partial charge in [0.25, 0.3) is 5.69 Å². The van der Waals surface area contributed by atoms with E-state index in [1.807, 2.05) is 0 Å². The molecule has 0 amide bonds. The molecule has 2 bridgehead atoms. The molecular weight excluding hydrogens is 334 g/mol. The fourth-order valence-corrected chi connectivity index (χ4v) is 4.89. The summed E-state index contributed by atoms with van der Waals surface area (Å²) in [6.45, 7) is 0. The van der Waals surface area contributed by atoms with Crippen molar-refractivity contribution in [2.24, 2.45) is 5.92 Å². The van der Waals surface area contributed by atoms with Gasteiger partial charge in [0.2, 0.25) is 0 Å². The van der Waals surface area contributed by atoms with E-state index in [4.69, 9.17) is 0 Å². The second kappa shape index (κ2) is 4.53. The van der Waals surface area contributed by atoms with Gasteiger partial charge in [-0.2, -0.15) is 5.10 Å². The molecule has 0 aliphatic heterocycles. The quantitative estimate of drug-likeness (QED) is 0.642. The van der Waals surface area contributed by atoms with Crippen molar-refractivity contribution in [3.63, 3.8) is 0 Å². The highest BCUT2D eigenvalue weighted by Crippen LogP contribution is 2.53. The van der Waals surface area contributed by atoms with E-state index in [2.05, 4.69) is 26.1 Å². The van der Waals surface area contributed by atoms with Crippen LogP contribution in [0, 0.1) is 16.0 Å². The third kappa shape index (κ3) is 1.84. The lowest BCUT2D eigenvalue weighted by Gasteiger charge is -2.46. The molecule has 0 atom stereocenters. The van der Waals surface area contributed by atoms with E-state index in [9.17, 15) is 10.1 Å². The second-order valence-corrected chi connectivity index (χ2v) is 7.20. The first-order valence-electron chi connectivity index (χ1n) is 7.42. The maximum atomic E-state index is 11.2. The number of hydrogen-bond acceptors (Lipinski definition) is 3. The summed E-state index contributed by atoms with van der Waals surface area (Å²) in [5.74, 6) is 0.888. The van der Waals surface area contributed by atoms with Gasteiger partial charge in [-0.3, -0.25) is 15.2 Å². The summed E-state index contributed by atoms with van der Waals surface area (Å²) < 4.78 is 0.566. The Labute approximate surface area is 130 Å². The molecule has 0 saturated heterocycles. The zero-order valence-corrected chi connectivity index (χ0v) is 13.1. The van der Waals surface area contributed by atoms with Gasteiger partial charge in [-0.05, 0) is 66.4 Å². The zero-order valence-electron chi connectivity index (χ0n) is 11.6. The van der Waals surface area contributed by atoms with Crippen LogP contribution in [0.1, 0.15) is 44.2 Å². The van der Waals surface area contributed by atoms with Crippen LogP contribution >= 0.6 is 15.9 Å². The Balaban J connectivity index is 1.93. The largest absolute Gasteiger partial charge is 0.284 e. The van der Waals surface area contributed by atoms with E-state index in [1.165, 1.54) is 44.6 Å². The molecule has 5 nitrogen and oxygen atoms in total. The fourth-order valence-electron chi connectivity index (χ4n) is 4.21. The number of benzene rings is 1. The summed E-state index contributed by atoms with van der Waals surface area (Å²) in [5, 5.41) is 19.7. The normalized spacial score (nSPS) is 28.1. The maximum absolute atomic E-state index is 11.2. The number of aromatic nitrogens is 2. The number of H-pyrrole nitrogens is 1. The summed E-state index contributed by atoms with van der Waals surface area (Å²) >= 11 is 3.44. The average Bonchev–Trinajstić information content (AvgIpc) is 2.95. The molecule has 1 N–H and O–H groups in total. The van der Waals surface area contributed by atoms with Crippen molar-refractivity contribution in [2.45, 2.75) is 43.9 Å². The molecule has 5 rings (SSSR count). The number of hydrogen-bond donors (Lipinski definition) is 1. The van der Waals surface area contributed by atoms with Crippen LogP contribution in [0.4, 0.5) is 5.69 Å². The predicted octanol–water partition coefficient (Wildman–Crippen LogP) is 4.46. The van der Waals surface area contributed by atoms with Crippen LogP contribution in [0.5, 0.6) is 0 Å². The third-order valence-electron chi connectivity index (χ3n) is 5.46. The number of nitrogens with one attached hydrogen (secondary N) is 1. The van der Waals surface area contributed by atoms with Crippen molar-refractivity contribution in [1.82, 2.24) is 10.2 Å². The van der Waals surface area contributed by atoms with Crippen LogP contribution in [0.3, 0.4) is 0 Å². The van der Waals surface area contributed by atoms with Crippen LogP contribution in [-0.2, 0) is 5.41 Å². The van der Waals surface area contributed by atoms with E-state index in [0.717, 1.165) is 22.5 Å². The molecule has 0 spiro atoms. The fraction of sp³-hybridized carbons (Fsp3) is 0.533. The molecule has 3 fully saturated rings. The highest BCUT2D eigenvalue weighted by molar-refractivity contribution is 9.10. The summed E-state index contributed by atoms with van der Waals surface area (Å²) in [6, 6.07) is 3.26. The summed E-state index contributed by atoms with van der Waals surface area (Å²) in [7, 11) is 0. The number of halogens is 1. The molecule has 1 heterocycles. The minimum Gasteiger partial charge on any atom is -0.281 e. The molecule has 3 aliphatic carbocycles. The van der Waals surface area contributed by atoms with Gasteiger partial charge in [0.1, 0.15) is 4.47 Å². The minimum absolute atomic E-state index is 0.117. The molecule has 6 heteroatoms. The predicted molar refractivity (Wildman–Crippen MR) is 83.3 cm³/mol. The highest BCUT2D eigenvalue weighted by Gasteiger charge is 2.44. The standard InChI is InChI=1S/C15H16BrN3O2/c16-13-11(19(20)21)2-1-10-12(13)14(18-17-10)15-6-3-9(4-7-15)5-8-15/h1-2,9H,3-8H2,(H,17,18). The molecule has 3 aliphatic rings. The highest BCUT2D eigenvalue weighted by atomic mass is 79.9. The lowest BCUT2D eigenvalue weighted by molar-refractivity contribution is -0.385. The third-order valence-corrected chi connectivity index (χ3v) is 6.26. The lowest BCUT2D eigenvalue weighted by atomic mass is 9.59. The van der Waals surface area contributed by atoms with Gasteiger partial charge < -0.3 is 0 Å². The SMILES string of the molecule is O=[N+]([O-])c1ccc2n[nH]c(C34CCC(CC3)CC4)c2c1Br. The number of nitro benzene ring substituents is 1. The number of fused-ring (bicyclic) bond motifs is 4. The Kier molecular flexibility index (Phi) is 2.86. The number of nitrogens with zero attached hydrogens (tertiary/aromatic N) is 2. The number of rotatable bonds is 2. The number of aromatic amines is 1. The Morgan fingerprint density at radius 3 is 2.57 bits per heavy atom. The van der Waals surface area contributed by atoms with Gasteiger partial charge >= 0.3 is 0 Å². The lowest BCUT2D eigenvalue weighted by Crippen LogP contribution is -2.38. The van der Waals surface area contributed by atoms with Crippen molar-refractivity contribution < 1.29 is 4.92 Å². The minimum atomic E-state index is -0.338. The summed E-state index contributed by atoms with van der Waals surface area (Å²) in [4.78, 5) is 10.8. The van der Waals surface area contributed by atoms with Gasteiger partial charge in [0.05, 0.1) is 16.1 Å². The van der Waals surface area contributed by atoms with E-state index in [-0.39, 0.29) is 16.0 Å². The van der Waals surface area contributed by atoms with Gasteiger partial charge in [-0.25, -0.2) is 0 Å². The van der Waals surface area contributed by atoms with E-state index in [0.29, 0.717) is 4.47 Å². The Morgan fingerprint density at radius 1 is 1.29 bits per heavy atom. The van der Waals surface area contributed by atoms with Crippen molar-refractivity contribution in [3.05, 3.63) is 32.4 Å². The van der Waals surface area contributed by atoms with Crippen molar-refractivity contribution in [1.29, 1.82) is 0 Å². The first-order chi connectivity index (χ1) is 10.1.